The van der Waals surface area contributed by atoms with E-state index in [0.717, 1.165) is 5.56 Å². The van der Waals surface area contributed by atoms with Crippen LogP contribution in [0.15, 0.2) is 24.3 Å². The van der Waals surface area contributed by atoms with E-state index in [2.05, 4.69) is 0 Å². The zero-order valence-electron chi connectivity index (χ0n) is 12.6. The fourth-order valence-electron chi connectivity index (χ4n) is 2.69. The Bertz CT molecular complexity index is 527. The maximum Gasteiger partial charge on any atom is 0.338 e. The maximum absolute atomic E-state index is 11.7. The van der Waals surface area contributed by atoms with Crippen molar-refractivity contribution in [2.45, 2.75) is 57.5 Å². The lowest BCUT2D eigenvalue weighted by molar-refractivity contribution is -0.200. The largest absolute Gasteiger partial charge is 0.479 e. The molecule has 2 atom stereocenters. The van der Waals surface area contributed by atoms with Crippen LogP contribution in [-0.4, -0.2) is 28.6 Å². The van der Waals surface area contributed by atoms with Gasteiger partial charge in [0.05, 0.1) is 0 Å². The van der Waals surface area contributed by atoms with Crippen molar-refractivity contribution in [2.24, 2.45) is 0 Å². The quantitative estimate of drug-likeness (QED) is 0.901. The van der Waals surface area contributed by atoms with E-state index in [9.17, 15) is 9.90 Å². The number of aliphatic carboxylic acids is 1. The van der Waals surface area contributed by atoms with E-state index < -0.39 is 23.5 Å². The minimum Gasteiger partial charge on any atom is -0.479 e. The fraction of sp³-hybridized carbons (Fsp3) is 0.562. The summed E-state index contributed by atoms with van der Waals surface area (Å²) in [6, 6.07) is 7.39. The number of carboxylic acid groups (broad SMARTS) is 1. The number of carboxylic acids is 1. The monoisotopic (exact) mass is 312 g/mol. The zero-order valence-corrected chi connectivity index (χ0v) is 13.3. The van der Waals surface area contributed by atoms with Crippen molar-refractivity contribution in [3.63, 3.8) is 0 Å². The molecule has 0 spiro atoms. The Morgan fingerprint density at radius 1 is 1.33 bits per heavy atom. The molecule has 1 aromatic rings. The number of halogens is 1. The van der Waals surface area contributed by atoms with Gasteiger partial charge in [-0.1, -0.05) is 43.6 Å². The highest BCUT2D eigenvalue weighted by atomic mass is 35.5. The third kappa shape index (κ3) is 2.93. The van der Waals surface area contributed by atoms with E-state index >= 15 is 0 Å². The minimum absolute atomic E-state index is 0.407. The molecule has 21 heavy (non-hydrogen) atoms. The van der Waals surface area contributed by atoms with E-state index in [1.165, 1.54) is 0 Å². The Morgan fingerprint density at radius 3 is 2.48 bits per heavy atom. The van der Waals surface area contributed by atoms with Crippen molar-refractivity contribution in [2.75, 3.05) is 0 Å². The SMILES string of the molecule is CCC1(CC)O[C@@H](Cc2ccccc2Cl)[C@](C)(C(=O)O)O1. The fourth-order valence-corrected chi connectivity index (χ4v) is 2.90. The number of ether oxygens (including phenoxy) is 2. The molecule has 116 valence electrons. The second-order valence-electron chi connectivity index (χ2n) is 5.53. The first kappa shape index (κ1) is 16.3. The Hall–Kier alpha value is -1.10. The van der Waals surface area contributed by atoms with Crippen molar-refractivity contribution < 1.29 is 19.4 Å². The van der Waals surface area contributed by atoms with Crippen LogP contribution in [0.5, 0.6) is 0 Å². The number of benzene rings is 1. The topological polar surface area (TPSA) is 55.8 Å². The molecule has 0 aliphatic carbocycles. The molecule has 0 aromatic heterocycles. The molecule has 0 bridgehead atoms. The van der Waals surface area contributed by atoms with Crippen LogP contribution < -0.4 is 0 Å². The third-order valence-corrected chi connectivity index (χ3v) is 4.60. The van der Waals surface area contributed by atoms with Crippen LogP contribution in [-0.2, 0) is 20.7 Å². The first-order chi connectivity index (χ1) is 9.87. The van der Waals surface area contributed by atoms with Gasteiger partial charge in [-0.3, -0.25) is 0 Å². The van der Waals surface area contributed by atoms with Gasteiger partial charge < -0.3 is 14.6 Å². The van der Waals surface area contributed by atoms with E-state index in [1.807, 2.05) is 32.0 Å². The molecule has 1 N–H and O–H groups in total. The molecule has 0 radical (unpaired) electrons. The van der Waals surface area contributed by atoms with Crippen molar-refractivity contribution >= 4 is 17.6 Å². The second-order valence-corrected chi connectivity index (χ2v) is 5.94. The van der Waals surface area contributed by atoms with Gasteiger partial charge in [-0.05, 0) is 31.4 Å². The van der Waals surface area contributed by atoms with Crippen molar-refractivity contribution in [3.05, 3.63) is 34.9 Å². The molecule has 0 saturated carbocycles. The van der Waals surface area contributed by atoms with Crippen LogP contribution in [0.1, 0.15) is 39.2 Å². The highest BCUT2D eigenvalue weighted by Crippen LogP contribution is 2.42. The smallest absolute Gasteiger partial charge is 0.338 e. The second kappa shape index (κ2) is 5.95. The summed E-state index contributed by atoms with van der Waals surface area (Å²) in [6.07, 6.45) is 1.04. The van der Waals surface area contributed by atoms with Crippen molar-refractivity contribution in [3.8, 4) is 0 Å². The van der Waals surface area contributed by atoms with Crippen LogP contribution >= 0.6 is 11.6 Å². The third-order valence-electron chi connectivity index (χ3n) is 4.23. The van der Waals surface area contributed by atoms with Gasteiger partial charge in [0.1, 0.15) is 6.10 Å². The number of rotatable bonds is 5. The standard InChI is InChI=1S/C16H21ClO4/c1-4-16(5-2)20-13(15(3,21-16)14(18)19)10-11-8-6-7-9-12(11)17/h6-9,13H,4-5,10H2,1-3H3,(H,18,19)/t13-,15+/m0/s1. The molecule has 0 amide bonds. The Labute approximate surface area is 130 Å². The predicted octanol–water partition coefficient (Wildman–Crippen LogP) is 3.66. The average Bonchev–Trinajstić information content (AvgIpc) is 2.76. The molecule has 1 aromatic carbocycles. The van der Waals surface area contributed by atoms with Crippen LogP contribution in [0, 0.1) is 0 Å². The molecule has 1 saturated heterocycles. The van der Waals surface area contributed by atoms with Crippen molar-refractivity contribution in [1.29, 1.82) is 0 Å². The summed E-state index contributed by atoms with van der Waals surface area (Å²) >= 11 is 6.17. The Balaban J connectivity index is 2.32. The molecule has 0 unspecified atom stereocenters. The van der Waals surface area contributed by atoms with Crippen LogP contribution in [0.4, 0.5) is 0 Å². The van der Waals surface area contributed by atoms with Gasteiger partial charge in [-0.25, -0.2) is 4.79 Å². The first-order valence-corrected chi connectivity index (χ1v) is 7.59. The van der Waals surface area contributed by atoms with Gasteiger partial charge in [-0.15, -0.1) is 0 Å². The van der Waals surface area contributed by atoms with Gasteiger partial charge in [0.25, 0.3) is 0 Å². The predicted molar refractivity (Wildman–Crippen MR) is 80.5 cm³/mol. The highest BCUT2D eigenvalue weighted by molar-refractivity contribution is 6.31. The molecule has 1 aliphatic heterocycles. The summed E-state index contributed by atoms with van der Waals surface area (Å²) in [7, 11) is 0. The lowest BCUT2D eigenvalue weighted by Gasteiger charge is -2.26. The average molecular weight is 313 g/mol. The molecule has 5 heteroatoms. The Kier molecular flexibility index (Phi) is 4.61. The lowest BCUT2D eigenvalue weighted by atomic mass is 9.93. The summed E-state index contributed by atoms with van der Waals surface area (Å²) in [5.74, 6) is -1.85. The summed E-state index contributed by atoms with van der Waals surface area (Å²) in [5.41, 5.74) is -0.506. The van der Waals surface area contributed by atoms with Crippen LogP contribution in [0.3, 0.4) is 0 Å². The molecular weight excluding hydrogens is 292 g/mol. The summed E-state index contributed by atoms with van der Waals surface area (Å²) in [4.78, 5) is 11.7. The van der Waals surface area contributed by atoms with Gasteiger partial charge in [-0.2, -0.15) is 0 Å². The Morgan fingerprint density at radius 2 is 1.95 bits per heavy atom. The molecular formula is C16H21ClO4. The summed E-state index contributed by atoms with van der Waals surface area (Å²) in [6.45, 7) is 5.44. The number of hydrogen-bond acceptors (Lipinski definition) is 3. The van der Waals surface area contributed by atoms with Gasteiger partial charge >= 0.3 is 5.97 Å². The maximum atomic E-state index is 11.7. The highest BCUT2D eigenvalue weighted by Gasteiger charge is 2.57. The molecule has 1 aliphatic rings. The number of hydrogen-bond donors (Lipinski definition) is 1. The van der Waals surface area contributed by atoms with Gasteiger partial charge in [0.15, 0.2) is 11.4 Å². The van der Waals surface area contributed by atoms with E-state index in [1.54, 1.807) is 13.0 Å². The first-order valence-electron chi connectivity index (χ1n) is 7.21. The van der Waals surface area contributed by atoms with E-state index in [0.29, 0.717) is 24.3 Å². The van der Waals surface area contributed by atoms with Gasteiger partial charge in [0, 0.05) is 11.4 Å². The zero-order chi connectivity index (χ0) is 15.7. The molecule has 4 nitrogen and oxygen atoms in total. The van der Waals surface area contributed by atoms with Crippen molar-refractivity contribution in [1.82, 2.24) is 0 Å². The van der Waals surface area contributed by atoms with E-state index in [4.69, 9.17) is 21.1 Å². The minimum atomic E-state index is -1.37. The normalized spacial score (nSPS) is 27.7. The lowest BCUT2D eigenvalue weighted by Crippen LogP contribution is -2.46. The molecule has 2 rings (SSSR count). The van der Waals surface area contributed by atoms with Crippen LogP contribution in [0.2, 0.25) is 5.02 Å². The molecule has 1 heterocycles. The summed E-state index contributed by atoms with van der Waals surface area (Å²) < 4.78 is 11.9. The van der Waals surface area contributed by atoms with Gasteiger partial charge in [0.2, 0.25) is 0 Å². The van der Waals surface area contributed by atoms with Crippen LogP contribution in [0.25, 0.3) is 0 Å². The molecule has 1 fully saturated rings. The van der Waals surface area contributed by atoms with E-state index in [-0.39, 0.29) is 0 Å². The summed E-state index contributed by atoms with van der Waals surface area (Å²) in [5, 5.41) is 10.2. The number of carbonyl (C=O) groups is 1.